The van der Waals surface area contributed by atoms with Crippen LogP contribution >= 0.6 is 23.2 Å². The molecule has 1 aromatic heterocycles. The number of fused-ring (bicyclic) bond motifs is 1. The molecule has 6 rings (SSSR count). The number of halogens is 2. The average Bonchev–Trinajstić information content (AvgIpc) is 3.62. The lowest BCUT2D eigenvalue weighted by Gasteiger charge is -2.40. The van der Waals surface area contributed by atoms with E-state index in [0.717, 1.165) is 55.8 Å². The third kappa shape index (κ3) is 3.90. The summed E-state index contributed by atoms with van der Waals surface area (Å²) in [5.74, 6) is 1.10. The van der Waals surface area contributed by atoms with Crippen molar-refractivity contribution in [3.8, 4) is 11.3 Å². The van der Waals surface area contributed by atoms with Crippen LogP contribution in [-0.4, -0.2) is 28.2 Å². The molecule has 4 nitrogen and oxygen atoms in total. The van der Waals surface area contributed by atoms with Crippen molar-refractivity contribution < 1.29 is 5.11 Å². The van der Waals surface area contributed by atoms with Crippen LogP contribution in [0.25, 0.3) is 11.3 Å². The highest BCUT2D eigenvalue weighted by molar-refractivity contribution is 6.43. The Morgan fingerprint density at radius 1 is 0.971 bits per heavy atom. The van der Waals surface area contributed by atoms with Gasteiger partial charge in [0.2, 0.25) is 0 Å². The summed E-state index contributed by atoms with van der Waals surface area (Å²) < 4.78 is 0. The summed E-state index contributed by atoms with van der Waals surface area (Å²) in [6.45, 7) is 3.84. The maximum Gasteiger partial charge on any atom is 0.153 e. The minimum absolute atomic E-state index is 0.263. The molecule has 0 radical (unpaired) electrons. The third-order valence-corrected chi connectivity index (χ3v) is 8.82. The molecule has 0 bridgehead atoms. The van der Waals surface area contributed by atoms with E-state index in [1.807, 2.05) is 19.1 Å². The number of nitrogens with zero attached hydrogens (tertiary/aromatic N) is 3. The quantitative estimate of drug-likeness (QED) is 0.445. The van der Waals surface area contributed by atoms with Crippen LogP contribution in [0.15, 0.2) is 42.5 Å². The summed E-state index contributed by atoms with van der Waals surface area (Å²) >= 11 is 12.8. The Morgan fingerprint density at radius 3 is 2.29 bits per heavy atom. The number of piperidine rings is 1. The fraction of sp³-hybridized carbons (Fsp3) is 0.429. The van der Waals surface area contributed by atoms with E-state index in [2.05, 4.69) is 29.2 Å². The summed E-state index contributed by atoms with van der Waals surface area (Å²) in [6, 6.07) is 14.5. The summed E-state index contributed by atoms with van der Waals surface area (Å²) in [6.07, 6.45) is 6.06. The molecule has 1 saturated carbocycles. The molecule has 1 saturated heterocycles. The van der Waals surface area contributed by atoms with Crippen LogP contribution in [0.1, 0.15) is 54.3 Å². The highest BCUT2D eigenvalue weighted by Crippen LogP contribution is 2.47. The molecule has 34 heavy (non-hydrogen) atoms. The van der Waals surface area contributed by atoms with E-state index in [0.29, 0.717) is 26.8 Å². The normalized spacial score (nSPS) is 19.9. The minimum atomic E-state index is -0.605. The molecule has 1 unspecified atom stereocenters. The number of rotatable bonds is 4. The highest BCUT2D eigenvalue weighted by atomic mass is 35.5. The molecule has 1 aliphatic heterocycles. The predicted molar refractivity (Wildman–Crippen MR) is 138 cm³/mol. The minimum Gasteiger partial charge on any atom is -0.386 e. The zero-order chi connectivity index (χ0) is 23.4. The zero-order valence-electron chi connectivity index (χ0n) is 19.4. The van der Waals surface area contributed by atoms with E-state index >= 15 is 0 Å². The molecule has 3 aliphatic rings. The number of aromatic nitrogens is 2. The standard InChI is InChI=1S/C28H29Cl2N3O/c1-17-24(21-7-4-8-22(29)23(21)30)32-25(26(34)18-9-10-18)27(31-17)33-13-11-28(12-14-33)15-19-5-2-3-6-20(19)16-28/h2-8,18,26,34H,9-16H2,1H3. The number of hydrogen-bond donors (Lipinski definition) is 1. The maximum atomic E-state index is 11.2. The molecule has 176 valence electrons. The van der Waals surface area contributed by atoms with Crippen molar-refractivity contribution >= 4 is 29.0 Å². The molecule has 1 atom stereocenters. The SMILES string of the molecule is Cc1nc(N2CCC3(CC2)Cc2ccccc2C3)c(C(O)C2CC2)nc1-c1cccc(Cl)c1Cl. The number of benzene rings is 2. The van der Waals surface area contributed by atoms with Gasteiger partial charge in [-0.05, 0) is 74.0 Å². The molecule has 2 heterocycles. The zero-order valence-corrected chi connectivity index (χ0v) is 20.9. The van der Waals surface area contributed by atoms with Crippen molar-refractivity contribution in [2.24, 2.45) is 11.3 Å². The van der Waals surface area contributed by atoms with E-state index in [1.54, 1.807) is 6.07 Å². The molecule has 0 amide bonds. The molecule has 1 N–H and O–H groups in total. The molecule has 6 heteroatoms. The van der Waals surface area contributed by atoms with Gasteiger partial charge in [-0.1, -0.05) is 59.6 Å². The van der Waals surface area contributed by atoms with E-state index in [9.17, 15) is 5.11 Å². The molecule has 2 aliphatic carbocycles. The average molecular weight is 494 g/mol. The summed E-state index contributed by atoms with van der Waals surface area (Å²) in [7, 11) is 0. The van der Waals surface area contributed by atoms with Crippen molar-refractivity contribution in [2.45, 2.75) is 51.6 Å². The van der Waals surface area contributed by atoms with Crippen LogP contribution in [-0.2, 0) is 12.8 Å². The Labute approximate surface area is 211 Å². The maximum absolute atomic E-state index is 11.2. The first-order valence-corrected chi connectivity index (χ1v) is 13.0. The third-order valence-electron chi connectivity index (χ3n) is 8.01. The van der Waals surface area contributed by atoms with Gasteiger partial charge >= 0.3 is 0 Å². The monoisotopic (exact) mass is 493 g/mol. The van der Waals surface area contributed by atoms with Gasteiger partial charge in [0.1, 0.15) is 11.8 Å². The Kier molecular flexibility index (Phi) is 5.59. The van der Waals surface area contributed by atoms with Crippen LogP contribution in [0.5, 0.6) is 0 Å². The van der Waals surface area contributed by atoms with Crippen LogP contribution in [0.2, 0.25) is 10.0 Å². The number of aryl methyl sites for hydroxylation is 1. The van der Waals surface area contributed by atoms with Crippen molar-refractivity contribution in [3.05, 3.63) is 75.0 Å². The van der Waals surface area contributed by atoms with Crippen LogP contribution in [0.3, 0.4) is 0 Å². The van der Waals surface area contributed by atoms with Gasteiger partial charge in [-0.25, -0.2) is 9.97 Å². The number of aliphatic hydroxyl groups excluding tert-OH is 1. The Hall–Kier alpha value is -2.14. The topological polar surface area (TPSA) is 49.2 Å². The van der Waals surface area contributed by atoms with Gasteiger partial charge in [-0.2, -0.15) is 0 Å². The van der Waals surface area contributed by atoms with Crippen LogP contribution in [0, 0.1) is 18.3 Å². The molecular formula is C28H29Cl2N3O. The second kappa shape index (κ2) is 8.51. The van der Waals surface area contributed by atoms with Crippen molar-refractivity contribution in [2.75, 3.05) is 18.0 Å². The molecule has 3 aromatic rings. The van der Waals surface area contributed by atoms with Gasteiger partial charge in [0, 0.05) is 18.7 Å². The molecule has 2 fully saturated rings. The van der Waals surface area contributed by atoms with E-state index < -0.39 is 6.10 Å². The first-order valence-electron chi connectivity index (χ1n) is 12.3. The van der Waals surface area contributed by atoms with Gasteiger partial charge in [0.25, 0.3) is 0 Å². The second-order valence-electron chi connectivity index (χ2n) is 10.4. The number of anilines is 1. The summed E-state index contributed by atoms with van der Waals surface area (Å²) in [4.78, 5) is 12.4. The van der Waals surface area contributed by atoms with Gasteiger partial charge in [0.05, 0.1) is 21.4 Å². The van der Waals surface area contributed by atoms with E-state index in [1.165, 1.54) is 24.0 Å². The summed E-state index contributed by atoms with van der Waals surface area (Å²) in [5, 5.41) is 12.2. The predicted octanol–water partition coefficient (Wildman–Crippen LogP) is 6.59. The molecule has 2 aromatic carbocycles. The van der Waals surface area contributed by atoms with Crippen LogP contribution in [0.4, 0.5) is 5.82 Å². The fourth-order valence-corrected chi connectivity index (χ4v) is 6.24. The lowest BCUT2D eigenvalue weighted by Crippen LogP contribution is -2.41. The van der Waals surface area contributed by atoms with Crippen molar-refractivity contribution in [1.29, 1.82) is 0 Å². The molecule has 1 spiro atoms. The van der Waals surface area contributed by atoms with Gasteiger partial charge < -0.3 is 10.0 Å². The van der Waals surface area contributed by atoms with E-state index in [-0.39, 0.29) is 5.92 Å². The number of aliphatic hydroxyl groups is 1. The highest BCUT2D eigenvalue weighted by Gasteiger charge is 2.41. The number of hydrogen-bond acceptors (Lipinski definition) is 4. The Balaban J connectivity index is 1.32. The Morgan fingerprint density at radius 2 is 1.65 bits per heavy atom. The smallest absolute Gasteiger partial charge is 0.153 e. The van der Waals surface area contributed by atoms with Gasteiger partial charge in [0.15, 0.2) is 5.82 Å². The lowest BCUT2D eigenvalue weighted by atomic mass is 9.76. The van der Waals surface area contributed by atoms with Crippen LogP contribution < -0.4 is 4.90 Å². The van der Waals surface area contributed by atoms with Gasteiger partial charge in [-0.3, -0.25) is 0 Å². The largest absolute Gasteiger partial charge is 0.386 e. The Bertz CT molecular complexity index is 1220. The van der Waals surface area contributed by atoms with Crippen molar-refractivity contribution in [3.63, 3.8) is 0 Å². The van der Waals surface area contributed by atoms with Crippen molar-refractivity contribution in [1.82, 2.24) is 9.97 Å². The first kappa shape index (κ1) is 22.3. The first-order chi connectivity index (χ1) is 16.4. The summed E-state index contributed by atoms with van der Waals surface area (Å²) in [5.41, 5.74) is 6.33. The lowest BCUT2D eigenvalue weighted by molar-refractivity contribution is 0.148. The van der Waals surface area contributed by atoms with Gasteiger partial charge in [-0.15, -0.1) is 0 Å². The second-order valence-corrected chi connectivity index (χ2v) is 11.1. The van der Waals surface area contributed by atoms with E-state index in [4.69, 9.17) is 33.2 Å². The fourth-order valence-electron chi connectivity index (χ4n) is 5.85. The molecular weight excluding hydrogens is 465 g/mol.